The van der Waals surface area contributed by atoms with Gasteiger partial charge in [0.2, 0.25) is 0 Å². The van der Waals surface area contributed by atoms with Crippen molar-refractivity contribution >= 4 is 0 Å². The van der Waals surface area contributed by atoms with Crippen LogP contribution in [0, 0.1) is 11.8 Å². The Labute approximate surface area is 87.0 Å². The Kier molecular flexibility index (Phi) is 3.45. The Balaban J connectivity index is 2.05. The fraction of sp³-hybridized carbons (Fsp3) is 1.00. The van der Waals surface area contributed by atoms with Crippen LogP contribution < -0.4 is 0 Å². The van der Waals surface area contributed by atoms with Gasteiger partial charge in [0.05, 0.1) is 12.2 Å². The van der Waals surface area contributed by atoms with Crippen LogP contribution in [0.3, 0.4) is 0 Å². The molecule has 0 aromatic heterocycles. The highest BCUT2D eigenvalue weighted by Crippen LogP contribution is 2.42. The summed E-state index contributed by atoms with van der Waals surface area (Å²) in [6.07, 6.45) is 8.87. The molecule has 2 aliphatic carbocycles. The zero-order valence-corrected chi connectivity index (χ0v) is 9.37. The maximum Gasteiger partial charge on any atom is 0.0604 e. The summed E-state index contributed by atoms with van der Waals surface area (Å²) in [6.45, 7) is 0. The van der Waals surface area contributed by atoms with Crippen molar-refractivity contribution in [3.8, 4) is 0 Å². The Morgan fingerprint density at radius 3 is 1.50 bits per heavy atom. The number of rotatable bonds is 2. The van der Waals surface area contributed by atoms with Crippen LogP contribution in [0.25, 0.3) is 0 Å². The Bertz CT molecular complexity index is 161. The van der Waals surface area contributed by atoms with Crippen molar-refractivity contribution < 1.29 is 9.47 Å². The fourth-order valence-corrected chi connectivity index (χ4v) is 3.45. The highest BCUT2D eigenvalue weighted by Gasteiger charge is 2.40. The lowest BCUT2D eigenvalue weighted by Gasteiger charge is -2.44. The smallest absolute Gasteiger partial charge is 0.0604 e. The second kappa shape index (κ2) is 4.63. The van der Waals surface area contributed by atoms with Gasteiger partial charge in [0.1, 0.15) is 0 Å². The minimum absolute atomic E-state index is 0.506. The van der Waals surface area contributed by atoms with Gasteiger partial charge >= 0.3 is 0 Å². The molecule has 2 rings (SSSR count). The van der Waals surface area contributed by atoms with E-state index < -0.39 is 0 Å². The molecule has 0 heterocycles. The first-order chi connectivity index (χ1) is 6.86. The van der Waals surface area contributed by atoms with Gasteiger partial charge in [0.25, 0.3) is 0 Å². The molecule has 0 aromatic carbocycles. The molecule has 2 heteroatoms. The molecular weight excluding hydrogens is 176 g/mol. The normalized spacial score (nSPS) is 43.3. The van der Waals surface area contributed by atoms with E-state index >= 15 is 0 Å². The largest absolute Gasteiger partial charge is 0.381 e. The summed E-state index contributed by atoms with van der Waals surface area (Å²) < 4.78 is 11.2. The van der Waals surface area contributed by atoms with Crippen LogP contribution in [0.4, 0.5) is 0 Å². The molecule has 0 spiro atoms. The van der Waals surface area contributed by atoms with Gasteiger partial charge in [-0.05, 0) is 37.5 Å². The van der Waals surface area contributed by atoms with Gasteiger partial charge in [-0.3, -0.25) is 0 Å². The lowest BCUT2D eigenvalue weighted by molar-refractivity contribution is -0.0905. The summed E-state index contributed by atoms with van der Waals surface area (Å²) >= 11 is 0. The van der Waals surface area contributed by atoms with Gasteiger partial charge in [-0.2, -0.15) is 0 Å². The molecule has 2 saturated carbocycles. The molecule has 0 amide bonds. The van der Waals surface area contributed by atoms with E-state index in [0.717, 1.165) is 11.8 Å². The summed E-state index contributed by atoms with van der Waals surface area (Å²) in [4.78, 5) is 0. The van der Waals surface area contributed by atoms with E-state index in [4.69, 9.17) is 9.47 Å². The van der Waals surface area contributed by atoms with Crippen molar-refractivity contribution in [3.63, 3.8) is 0 Å². The molecule has 0 aromatic rings. The van der Waals surface area contributed by atoms with E-state index in [2.05, 4.69) is 0 Å². The Morgan fingerprint density at radius 2 is 1.14 bits per heavy atom. The van der Waals surface area contributed by atoms with Crippen LogP contribution >= 0.6 is 0 Å². The van der Waals surface area contributed by atoms with Crippen molar-refractivity contribution in [2.45, 2.75) is 50.7 Å². The van der Waals surface area contributed by atoms with E-state index in [1.807, 2.05) is 14.2 Å². The molecule has 0 saturated heterocycles. The first-order valence-electron chi connectivity index (χ1n) is 5.92. The molecule has 0 N–H and O–H groups in total. The lowest BCUT2D eigenvalue weighted by atomic mass is 9.68. The molecule has 2 nitrogen and oxygen atoms in total. The lowest BCUT2D eigenvalue weighted by Crippen LogP contribution is -2.44. The van der Waals surface area contributed by atoms with Crippen LogP contribution in [0.5, 0.6) is 0 Å². The molecule has 4 atom stereocenters. The standard InChI is InChI=1S/C12H22O2/c1-13-11-7-8-12(14-2)10-6-4-3-5-9(10)11/h9-12H,3-8H2,1-2H3/t9-,10+,11-,12-/m1/s1. The predicted molar refractivity (Wildman–Crippen MR) is 56.3 cm³/mol. The summed E-state index contributed by atoms with van der Waals surface area (Å²) in [7, 11) is 3.73. The third-order valence-corrected chi connectivity index (χ3v) is 4.17. The summed E-state index contributed by atoms with van der Waals surface area (Å²) in [5, 5.41) is 0. The van der Waals surface area contributed by atoms with E-state index in [9.17, 15) is 0 Å². The molecule has 0 radical (unpaired) electrons. The molecule has 0 unspecified atom stereocenters. The monoisotopic (exact) mass is 198 g/mol. The maximum atomic E-state index is 5.60. The third kappa shape index (κ3) is 1.82. The third-order valence-electron chi connectivity index (χ3n) is 4.17. The Morgan fingerprint density at radius 1 is 0.714 bits per heavy atom. The van der Waals surface area contributed by atoms with Crippen molar-refractivity contribution in [1.82, 2.24) is 0 Å². The molecule has 0 bridgehead atoms. The van der Waals surface area contributed by atoms with Crippen molar-refractivity contribution in [3.05, 3.63) is 0 Å². The maximum absolute atomic E-state index is 5.60. The molecule has 2 aliphatic rings. The fourth-order valence-electron chi connectivity index (χ4n) is 3.45. The van der Waals surface area contributed by atoms with Crippen LogP contribution in [-0.2, 0) is 9.47 Å². The van der Waals surface area contributed by atoms with Gasteiger partial charge in [0.15, 0.2) is 0 Å². The second-order valence-electron chi connectivity index (χ2n) is 4.74. The van der Waals surface area contributed by atoms with Gasteiger partial charge in [0, 0.05) is 14.2 Å². The molecule has 2 fully saturated rings. The SMILES string of the molecule is CO[C@@H]1CC[C@@H](OC)[C@H]2CCCC[C@H]21. The van der Waals surface area contributed by atoms with Crippen LogP contribution in [0.2, 0.25) is 0 Å². The highest BCUT2D eigenvalue weighted by atomic mass is 16.5. The quantitative estimate of drug-likeness (QED) is 0.679. The highest BCUT2D eigenvalue weighted by molar-refractivity contribution is 4.91. The first-order valence-corrected chi connectivity index (χ1v) is 5.92. The summed E-state index contributed by atoms with van der Waals surface area (Å²) in [5.74, 6) is 1.54. The van der Waals surface area contributed by atoms with Crippen molar-refractivity contribution in [2.75, 3.05) is 14.2 Å². The van der Waals surface area contributed by atoms with Gasteiger partial charge < -0.3 is 9.47 Å². The molecule has 0 aliphatic heterocycles. The van der Waals surface area contributed by atoms with Crippen LogP contribution in [0.15, 0.2) is 0 Å². The van der Waals surface area contributed by atoms with Gasteiger partial charge in [-0.1, -0.05) is 12.8 Å². The average Bonchev–Trinajstić information content (AvgIpc) is 2.27. The predicted octanol–water partition coefficient (Wildman–Crippen LogP) is 2.62. The number of fused-ring (bicyclic) bond motifs is 1. The topological polar surface area (TPSA) is 18.5 Å². The van der Waals surface area contributed by atoms with Gasteiger partial charge in [-0.15, -0.1) is 0 Å². The summed E-state index contributed by atoms with van der Waals surface area (Å²) in [5.41, 5.74) is 0. The van der Waals surface area contributed by atoms with E-state index in [-0.39, 0.29) is 0 Å². The molecule has 82 valence electrons. The van der Waals surface area contributed by atoms with Crippen molar-refractivity contribution in [2.24, 2.45) is 11.8 Å². The molecular formula is C12H22O2. The second-order valence-corrected chi connectivity index (χ2v) is 4.74. The van der Waals surface area contributed by atoms with Crippen LogP contribution in [0.1, 0.15) is 38.5 Å². The zero-order chi connectivity index (χ0) is 9.97. The van der Waals surface area contributed by atoms with E-state index in [1.165, 1.54) is 38.5 Å². The molecule has 14 heavy (non-hydrogen) atoms. The number of hydrogen-bond donors (Lipinski definition) is 0. The zero-order valence-electron chi connectivity index (χ0n) is 9.37. The Hall–Kier alpha value is -0.0800. The number of methoxy groups -OCH3 is 2. The first kappa shape index (κ1) is 10.4. The number of hydrogen-bond acceptors (Lipinski definition) is 2. The van der Waals surface area contributed by atoms with Gasteiger partial charge in [-0.25, -0.2) is 0 Å². The minimum atomic E-state index is 0.506. The van der Waals surface area contributed by atoms with E-state index in [0.29, 0.717) is 12.2 Å². The van der Waals surface area contributed by atoms with Crippen LogP contribution in [-0.4, -0.2) is 26.4 Å². The number of ether oxygens (including phenoxy) is 2. The average molecular weight is 198 g/mol. The van der Waals surface area contributed by atoms with Crippen molar-refractivity contribution in [1.29, 1.82) is 0 Å². The minimum Gasteiger partial charge on any atom is -0.381 e. The summed E-state index contributed by atoms with van der Waals surface area (Å²) in [6, 6.07) is 0. The van der Waals surface area contributed by atoms with E-state index in [1.54, 1.807) is 0 Å².